The Morgan fingerprint density at radius 2 is 1.94 bits per heavy atom. The van der Waals surface area contributed by atoms with E-state index in [2.05, 4.69) is 0 Å². The van der Waals surface area contributed by atoms with E-state index >= 15 is 0 Å². The quantitative estimate of drug-likeness (QED) is 0.892. The van der Waals surface area contributed by atoms with Crippen molar-refractivity contribution in [2.45, 2.75) is 24.7 Å². The molecule has 0 spiro atoms. The first-order valence-corrected chi connectivity index (χ1v) is 7.26. The lowest BCUT2D eigenvalue weighted by Gasteiger charge is -2.12. The van der Waals surface area contributed by atoms with Crippen LogP contribution in [0.4, 0.5) is 0 Å². The number of aromatic hydroxyl groups is 1. The number of rotatable bonds is 3. The fourth-order valence-corrected chi connectivity index (χ4v) is 2.93. The third-order valence-electron chi connectivity index (χ3n) is 2.89. The first-order chi connectivity index (χ1) is 8.45. The molecule has 0 heterocycles. The zero-order chi connectivity index (χ0) is 13.3. The van der Waals surface area contributed by atoms with Crippen molar-refractivity contribution in [3.05, 3.63) is 35.9 Å². The van der Waals surface area contributed by atoms with Gasteiger partial charge in [0.15, 0.2) is 0 Å². The maximum atomic E-state index is 11.6. The van der Waals surface area contributed by atoms with Crippen LogP contribution >= 0.6 is 0 Å². The third kappa shape index (κ3) is 2.19. The first-order valence-electron chi connectivity index (χ1n) is 5.71. The molecule has 0 radical (unpaired) electrons. The van der Waals surface area contributed by atoms with Gasteiger partial charge in [-0.25, -0.2) is 13.6 Å². The molecule has 96 valence electrons. The molecule has 18 heavy (non-hydrogen) atoms. The van der Waals surface area contributed by atoms with Crippen molar-refractivity contribution >= 4 is 20.8 Å². The van der Waals surface area contributed by atoms with Gasteiger partial charge in [-0.15, -0.1) is 0 Å². The number of nitrogens with two attached hydrogens (primary N) is 1. The highest BCUT2D eigenvalue weighted by atomic mass is 32.2. The second-order valence-corrected chi connectivity index (χ2v) is 5.75. The predicted molar refractivity (Wildman–Crippen MR) is 71.0 cm³/mol. The molecule has 0 fully saturated rings. The zero-order valence-electron chi connectivity index (χ0n) is 10.1. The lowest BCUT2D eigenvalue weighted by Crippen LogP contribution is -2.14. The third-order valence-corrected chi connectivity index (χ3v) is 3.87. The van der Waals surface area contributed by atoms with E-state index in [0.29, 0.717) is 22.8 Å². The van der Waals surface area contributed by atoms with Crippen LogP contribution in [0.3, 0.4) is 0 Å². The van der Waals surface area contributed by atoms with Gasteiger partial charge in [-0.3, -0.25) is 0 Å². The summed E-state index contributed by atoms with van der Waals surface area (Å²) in [6.07, 6.45) is 1.21. The molecule has 0 bridgehead atoms. The van der Waals surface area contributed by atoms with Gasteiger partial charge in [-0.2, -0.15) is 0 Å². The average molecular weight is 265 g/mol. The molecule has 0 saturated carbocycles. The summed E-state index contributed by atoms with van der Waals surface area (Å²) in [5, 5.41) is 16.7. The molecular weight excluding hydrogens is 250 g/mol. The molecule has 3 N–H and O–H groups in total. The number of phenolic OH excluding ortho intramolecular Hbond substituents is 1. The summed E-state index contributed by atoms with van der Waals surface area (Å²) < 4.78 is 23.2. The zero-order valence-corrected chi connectivity index (χ0v) is 10.9. The van der Waals surface area contributed by atoms with Gasteiger partial charge >= 0.3 is 0 Å². The van der Waals surface area contributed by atoms with Gasteiger partial charge in [0.05, 0.1) is 4.90 Å². The predicted octanol–water partition coefficient (Wildman–Crippen LogP) is 2.15. The molecule has 0 aromatic heterocycles. The van der Waals surface area contributed by atoms with Crippen LogP contribution in [0.15, 0.2) is 35.2 Å². The van der Waals surface area contributed by atoms with Crippen LogP contribution in [0.5, 0.6) is 5.75 Å². The monoisotopic (exact) mass is 265 g/mol. The number of sulfonamides is 1. The van der Waals surface area contributed by atoms with Crippen LogP contribution < -0.4 is 5.14 Å². The summed E-state index contributed by atoms with van der Waals surface area (Å²) in [5.41, 5.74) is 0.402. The number of benzene rings is 2. The van der Waals surface area contributed by atoms with E-state index in [9.17, 15) is 13.5 Å². The minimum absolute atomic E-state index is 0.0129. The van der Waals surface area contributed by atoms with E-state index in [0.717, 1.165) is 6.42 Å². The van der Waals surface area contributed by atoms with E-state index in [4.69, 9.17) is 5.14 Å². The Bertz CT molecular complexity index is 693. The molecule has 0 aliphatic carbocycles. The maximum absolute atomic E-state index is 11.6. The Morgan fingerprint density at radius 1 is 1.28 bits per heavy atom. The van der Waals surface area contributed by atoms with E-state index in [1.54, 1.807) is 24.3 Å². The number of primary sulfonamides is 1. The molecule has 0 unspecified atom stereocenters. The minimum atomic E-state index is -3.83. The second kappa shape index (κ2) is 4.59. The van der Waals surface area contributed by atoms with E-state index in [1.807, 2.05) is 6.92 Å². The van der Waals surface area contributed by atoms with Crippen LogP contribution in [0.2, 0.25) is 0 Å². The molecule has 4 nitrogen and oxygen atoms in total. The molecule has 0 atom stereocenters. The summed E-state index contributed by atoms with van der Waals surface area (Å²) >= 11 is 0. The van der Waals surface area contributed by atoms with Gasteiger partial charge in [0, 0.05) is 10.9 Å². The fourth-order valence-electron chi connectivity index (χ4n) is 2.09. The lowest BCUT2D eigenvalue weighted by molar-refractivity contribution is 0.471. The van der Waals surface area contributed by atoms with Crippen molar-refractivity contribution < 1.29 is 13.5 Å². The summed E-state index contributed by atoms with van der Waals surface area (Å²) in [5.74, 6) is 0.0129. The van der Waals surface area contributed by atoms with Gasteiger partial charge in [0.25, 0.3) is 0 Å². The summed E-state index contributed by atoms with van der Waals surface area (Å²) in [7, 11) is -3.83. The lowest BCUT2D eigenvalue weighted by atomic mass is 10.0. The molecule has 0 saturated heterocycles. The number of hydrogen-bond donors (Lipinski definition) is 2. The maximum Gasteiger partial charge on any atom is 0.238 e. The molecule has 0 aliphatic rings. The summed E-state index contributed by atoms with van der Waals surface area (Å²) in [4.78, 5) is 0.0144. The van der Waals surface area contributed by atoms with Gasteiger partial charge in [0.1, 0.15) is 5.75 Å². The van der Waals surface area contributed by atoms with Crippen molar-refractivity contribution in [2.24, 2.45) is 5.14 Å². The topological polar surface area (TPSA) is 80.4 Å². The molecule has 2 aromatic carbocycles. The van der Waals surface area contributed by atoms with Crippen LogP contribution in [0.25, 0.3) is 10.8 Å². The Kier molecular flexibility index (Phi) is 3.28. The Balaban J connectivity index is 2.88. The number of hydrogen-bond acceptors (Lipinski definition) is 3. The van der Waals surface area contributed by atoms with Gasteiger partial charge < -0.3 is 5.11 Å². The van der Waals surface area contributed by atoms with Gasteiger partial charge in [0.2, 0.25) is 10.0 Å². The molecule has 5 heteroatoms. The van der Waals surface area contributed by atoms with Gasteiger partial charge in [-0.1, -0.05) is 37.6 Å². The SMILES string of the molecule is CCCc1c(S(N)(=O)=O)cc2ccccc2c1O. The van der Waals surface area contributed by atoms with E-state index in [1.165, 1.54) is 6.07 Å². The average Bonchev–Trinajstić information content (AvgIpc) is 2.31. The fraction of sp³-hybridized carbons (Fsp3) is 0.231. The molecule has 0 amide bonds. The standard InChI is InChI=1S/C13H15NO3S/c1-2-5-11-12(18(14,16)17)8-9-6-3-4-7-10(9)13(11)15/h3-4,6-8,15H,2,5H2,1H3,(H2,14,16,17). The van der Waals surface area contributed by atoms with Crippen molar-refractivity contribution in [1.29, 1.82) is 0 Å². The smallest absolute Gasteiger partial charge is 0.238 e. The summed E-state index contributed by atoms with van der Waals surface area (Å²) in [6, 6.07) is 8.62. The highest BCUT2D eigenvalue weighted by Crippen LogP contribution is 2.34. The Morgan fingerprint density at radius 3 is 2.56 bits per heavy atom. The molecule has 0 aliphatic heterocycles. The van der Waals surface area contributed by atoms with Crippen molar-refractivity contribution in [2.75, 3.05) is 0 Å². The second-order valence-electron chi connectivity index (χ2n) is 4.22. The normalized spacial score (nSPS) is 11.9. The number of phenols is 1. The number of fused-ring (bicyclic) bond motifs is 1. The van der Waals surface area contributed by atoms with Gasteiger partial charge in [-0.05, 0) is 17.9 Å². The summed E-state index contributed by atoms with van der Waals surface area (Å²) in [6.45, 7) is 1.92. The van der Waals surface area contributed by atoms with E-state index < -0.39 is 10.0 Å². The van der Waals surface area contributed by atoms with Crippen LogP contribution in [0, 0.1) is 0 Å². The van der Waals surface area contributed by atoms with Crippen LogP contribution in [-0.4, -0.2) is 13.5 Å². The largest absolute Gasteiger partial charge is 0.507 e. The van der Waals surface area contributed by atoms with E-state index in [-0.39, 0.29) is 10.6 Å². The molecular formula is C13H15NO3S. The first kappa shape index (κ1) is 12.9. The van der Waals surface area contributed by atoms with Crippen LogP contribution in [0.1, 0.15) is 18.9 Å². The highest BCUT2D eigenvalue weighted by Gasteiger charge is 2.19. The highest BCUT2D eigenvalue weighted by molar-refractivity contribution is 7.89. The Hall–Kier alpha value is -1.59. The van der Waals surface area contributed by atoms with Crippen molar-refractivity contribution in [3.8, 4) is 5.75 Å². The van der Waals surface area contributed by atoms with Crippen molar-refractivity contribution in [1.82, 2.24) is 0 Å². The van der Waals surface area contributed by atoms with Crippen LogP contribution in [-0.2, 0) is 16.4 Å². The van der Waals surface area contributed by atoms with Crippen molar-refractivity contribution in [3.63, 3.8) is 0 Å². The molecule has 2 aromatic rings. The Labute approximate surface area is 106 Å². The molecule has 2 rings (SSSR count). The minimum Gasteiger partial charge on any atom is -0.507 e.